The molecule has 1 aliphatic rings. The molecule has 2 heterocycles. The van der Waals surface area contributed by atoms with Crippen molar-refractivity contribution in [2.75, 3.05) is 26.3 Å². The SMILES string of the molecule is Cc1ccc(Cc2cnc(CN3CCOCC3)c(O)c2)cc1. The van der Waals surface area contributed by atoms with Gasteiger partial charge in [-0.05, 0) is 30.5 Å². The van der Waals surface area contributed by atoms with E-state index in [4.69, 9.17) is 4.74 Å². The predicted octanol–water partition coefficient (Wildman–Crippen LogP) is 2.52. The fourth-order valence-electron chi connectivity index (χ4n) is 2.65. The summed E-state index contributed by atoms with van der Waals surface area (Å²) in [6.45, 7) is 6.06. The van der Waals surface area contributed by atoms with Crippen LogP contribution in [0.5, 0.6) is 5.75 Å². The number of nitrogens with zero attached hydrogens (tertiary/aromatic N) is 2. The summed E-state index contributed by atoms with van der Waals surface area (Å²) in [6.07, 6.45) is 2.66. The van der Waals surface area contributed by atoms with Gasteiger partial charge in [0.15, 0.2) is 0 Å². The summed E-state index contributed by atoms with van der Waals surface area (Å²) in [6, 6.07) is 10.3. The number of hydrogen-bond donors (Lipinski definition) is 1. The third-order valence-electron chi connectivity index (χ3n) is 4.01. The Balaban J connectivity index is 1.67. The zero-order valence-corrected chi connectivity index (χ0v) is 13.0. The van der Waals surface area contributed by atoms with Gasteiger partial charge in [0.25, 0.3) is 0 Å². The van der Waals surface area contributed by atoms with E-state index in [-0.39, 0.29) is 5.75 Å². The lowest BCUT2D eigenvalue weighted by Crippen LogP contribution is -2.35. The summed E-state index contributed by atoms with van der Waals surface area (Å²) >= 11 is 0. The van der Waals surface area contributed by atoms with Crippen LogP contribution < -0.4 is 0 Å². The average molecular weight is 298 g/mol. The largest absolute Gasteiger partial charge is 0.506 e. The van der Waals surface area contributed by atoms with Crippen molar-refractivity contribution < 1.29 is 9.84 Å². The van der Waals surface area contributed by atoms with Crippen molar-refractivity contribution in [1.82, 2.24) is 9.88 Å². The highest BCUT2D eigenvalue weighted by atomic mass is 16.5. The number of aromatic nitrogens is 1. The third kappa shape index (κ3) is 3.84. The minimum absolute atomic E-state index is 0.288. The number of benzene rings is 1. The predicted molar refractivity (Wildman–Crippen MR) is 86.0 cm³/mol. The second-order valence-electron chi connectivity index (χ2n) is 5.86. The Kier molecular flexibility index (Phi) is 4.71. The Labute approximate surface area is 131 Å². The number of rotatable bonds is 4. The topological polar surface area (TPSA) is 45.6 Å². The molecule has 1 fully saturated rings. The van der Waals surface area contributed by atoms with Gasteiger partial charge in [0.1, 0.15) is 5.75 Å². The van der Waals surface area contributed by atoms with Gasteiger partial charge in [0.2, 0.25) is 0 Å². The maximum Gasteiger partial charge on any atom is 0.138 e. The zero-order valence-electron chi connectivity index (χ0n) is 13.0. The number of aryl methyl sites for hydroxylation is 1. The maximum absolute atomic E-state index is 10.2. The molecule has 0 unspecified atom stereocenters. The number of morpholine rings is 1. The van der Waals surface area contributed by atoms with Gasteiger partial charge < -0.3 is 9.84 Å². The van der Waals surface area contributed by atoms with Gasteiger partial charge >= 0.3 is 0 Å². The molecular formula is C18H22N2O2. The minimum atomic E-state index is 0.288. The standard InChI is InChI=1S/C18H22N2O2/c1-14-2-4-15(5-3-14)10-16-11-18(21)17(19-12-16)13-20-6-8-22-9-7-20/h2-5,11-12,21H,6-10,13H2,1H3. The van der Waals surface area contributed by atoms with E-state index in [1.54, 1.807) is 0 Å². The molecule has 1 N–H and O–H groups in total. The summed E-state index contributed by atoms with van der Waals surface area (Å²) in [5, 5.41) is 10.2. The Bertz CT molecular complexity index is 619. The Hall–Kier alpha value is -1.91. The van der Waals surface area contributed by atoms with E-state index in [0.717, 1.165) is 44.0 Å². The van der Waals surface area contributed by atoms with E-state index in [0.29, 0.717) is 6.54 Å². The molecule has 1 saturated heterocycles. The normalized spacial score (nSPS) is 15.9. The lowest BCUT2D eigenvalue weighted by atomic mass is 10.0. The molecule has 0 spiro atoms. The summed E-state index contributed by atoms with van der Waals surface area (Å²) < 4.78 is 5.34. The van der Waals surface area contributed by atoms with Gasteiger partial charge in [-0.2, -0.15) is 0 Å². The smallest absolute Gasteiger partial charge is 0.138 e. The Morgan fingerprint density at radius 1 is 1.14 bits per heavy atom. The van der Waals surface area contributed by atoms with Crippen molar-refractivity contribution in [1.29, 1.82) is 0 Å². The van der Waals surface area contributed by atoms with Gasteiger partial charge in [-0.15, -0.1) is 0 Å². The van der Waals surface area contributed by atoms with E-state index in [2.05, 4.69) is 41.1 Å². The lowest BCUT2D eigenvalue weighted by Gasteiger charge is -2.26. The Morgan fingerprint density at radius 3 is 2.55 bits per heavy atom. The van der Waals surface area contributed by atoms with Crippen LogP contribution in [0.25, 0.3) is 0 Å². The van der Waals surface area contributed by atoms with E-state index in [9.17, 15) is 5.11 Å². The second-order valence-corrected chi connectivity index (χ2v) is 5.86. The fraction of sp³-hybridized carbons (Fsp3) is 0.389. The highest BCUT2D eigenvalue weighted by molar-refractivity contribution is 5.34. The molecule has 1 aromatic heterocycles. The molecule has 4 nitrogen and oxygen atoms in total. The van der Waals surface area contributed by atoms with E-state index < -0.39 is 0 Å². The first-order chi connectivity index (χ1) is 10.7. The van der Waals surface area contributed by atoms with Crippen molar-refractivity contribution in [3.8, 4) is 5.75 Å². The monoisotopic (exact) mass is 298 g/mol. The van der Waals surface area contributed by atoms with Crippen LogP contribution >= 0.6 is 0 Å². The van der Waals surface area contributed by atoms with Crippen LogP contribution in [0.2, 0.25) is 0 Å². The molecule has 0 amide bonds. The number of pyridine rings is 1. The molecule has 3 rings (SSSR count). The van der Waals surface area contributed by atoms with Gasteiger partial charge in [0.05, 0.1) is 18.9 Å². The van der Waals surface area contributed by atoms with Crippen molar-refractivity contribution >= 4 is 0 Å². The number of hydrogen-bond acceptors (Lipinski definition) is 4. The molecule has 0 radical (unpaired) electrons. The molecule has 1 aliphatic heterocycles. The van der Waals surface area contributed by atoms with Crippen LogP contribution in [0.1, 0.15) is 22.4 Å². The molecule has 0 aliphatic carbocycles. The third-order valence-corrected chi connectivity index (χ3v) is 4.01. The van der Waals surface area contributed by atoms with Crippen molar-refractivity contribution in [2.45, 2.75) is 19.9 Å². The molecule has 0 bridgehead atoms. The Morgan fingerprint density at radius 2 is 1.86 bits per heavy atom. The summed E-state index contributed by atoms with van der Waals surface area (Å²) in [5.41, 5.74) is 4.26. The summed E-state index contributed by atoms with van der Waals surface area (Å²) in [4.78, 5) is 6.71. The number of ether oxygens (including phenoxy) is 1. The minimum Gasteiger partial charge on any atom is -0.506 e. The quantitative estimate of drug-likeness (QED) is 0.942. The molecule has 2 aromatic rings. The highest BCUT2D eigenvalue weighted by Gasteiger charge is 2.14. The van der Waals surface area contributed by atoms with Crippen LogP contribution in [0.3, 0.4) is 0 Å². The molecule has 22 heavy (non-hydrogen) atoms. The summed E-state index contributed by atoms with van der Waals surface area (Å²) in [7, 11) is 0. The zero-order chi connectivity index (χ0) is 15.4. The van der Waals surface area contributed by atoms with E-state index in [1.807, 2.05) is 12.3 Å². The highest BCUT2D eigenvalue weighted by Crippen LogP contribution is 2.20. The molecule has 0 atom stereocenters. The van der Waals surface area contributed by atoms with Gasteiger partial charge in [-0.25, -0.2) is 0 Å². The molecule has 4 heteroatoms. The first-order valence-electron chi connectivity index (χ1n) is 7.73. The number of aromatic hydroxyl groups is 1. The van der Waals surface area contributed by atoms with Crippen molar-refractivity contribution in [3.05, 3.63) is 58.9 Å². The molecule has 116 valence electrons. The van der Waals surface area contributed by atoms with Crippen LogP contribution in [0, 0.1) is 6.92 Å². The average Bonchev–Trinajstić information content (AvgIpc) is 2.53. The van der Waals surface area contributed by atoms with Crippen LogP contribution in [-0.2, 0) is 17.7 Å². The first-order valence-corrected chi connectivity index (χ1v) is 7.73. The van der Waals surface area contributed by atoms with E-state index >= 15 is 0 Å². The molecular weight excluding hydrogens is 276 g/mol. The van der Waals surface area contributed by atoms with E-state index in [1.165, 1.54) is 11.1 Å². The first kappa shape index (κ1) is 15.0. The van der Waals surface area contributed by atoms with Gasteiger partial charge in [0, 0.05) is 25.8 Å². The van der Waals surface area contributed by atoms with Crippen LogP contribution in [0.15, 0.2) is 36.5 Å². The second kappa shape index (κ2) is 6.90. The molecule has 0 saturated carbocycles. The fourth-order valence-corrected chi connectivity index (χ4v) is 2.65. The maximum atomic E-state index is 10.2. The van der Waals surface area contributed by atoms with Crippen molar-refractivity contribution in [2.24, 2.45) is 0 Å². The van der Waals surface area contributed by atoms with Crippen LogP contribution in [0.4, 0.5) is 0 Å². The summed E-state index contributed by atoms with van der Waals surface area (Å²) in [5.74, 6) is 0.288. The lowest BCUT2D eigenvalue weighted by molar-refractivity contribution is 0.0333. The van der Waals surface area contributed by atoms with Gasteiger partial charge in [-0.1, -0.05) is 29.8 Å². The van der Waals surface area contributed by atoms with Gasteiger partial charge in [-0.3, -0.25) is 9.88 Å². The van der Waals surface area contributed by atoms with Crippen LogP contribution in [-0.4, -0.2) is 41.3 Å². The van der Waals surface area contributed by atoms with Crippen molar-refractivity contribution in [3.63, 3.8) is 0 Å². The molecule has 1 aromatic carbocycles.